The van der Waals surface area contributed by atoms with Gasteiger partial charge in [-0.25, -0.2) is 0 Å². The van der Waals surface area contributed by atoms with E-state index in [-0.39, 0.29) is 17.9 Å². The SMILES string of the molecule is C[C@@H](NC(=O)C1CCN(Cc2ccc(Br)cc2)CC1)c1ccc2c(c1)CCC2. The summed E-state index contributed by atoms with van der Waals surface area (Å²) in [5, 5.41) is 3.27. The Morgan fingerprint density at radius 2 is 1.82 bits per heavy atom. The Labute approximate surface area is 176 Å². The zero-order chi connectivity index (χ0) is 19.5. The van der Waals surface area contributed by atoms with Crippen molar-refractivity contribution in [3.63, 3.8) is 0 Å². The fraction of sp³-hybridized carbons (Fsp3) is 0.458. The standard InChI is InChI=1S/C24H29BrN2O/c1-17(21-8-7-19-3-2-4-22(19)15-21)26-24(28)20-11-13-27(14-12-20)16-18-5-9-23(25)10-6-18/h5-10,15,17,20H,2-4,11-14,16H2,1H3,(H,26,28)/t17-/m1/s1. The molecule has 2 aliphatic rings. The van der Waals surface area contributed by atoms with E-state index in [2.05, 4.69) is 75.5 Å². The third-order valence-corrected chi connectivity index (χ3v) is 6.79. The van der Waals surface area contributed by atoms with Gasteiger partial charge in [-0.15, -0.1) is 0 Å². The molecular weight excluding hydrogens is 412 g/mol. The van der Waals surface area contributed by atoms with E-state index in [9.17, 15) is 4.79 Å². The predicted molar refractivity (Wildman–Crippen MR) is 117 cm³/mol. The summed E-state index contributed by atoms with van der Waals surface area (Å²) in [6.45, 7) is 5.05. The average Bonchev–Trinajstić information content (AvgIpc) is 3.18. The molecule has 1 aliphatic carbocycles. The van der Waals surface area contributed by atoms with Crippen LogP contribution in [0, 0.1) is 5.92 Å². The van der Waals surface area contributed by atoms with Crippen molar-refractivity contribution >= 4 is 21.8 Å². The smallest absolute Gasteiger partial charge is 0.223 e. The second kappa shape index (κ2) is 8.79. The van der Waals surface area contributed by atoms with Gasteiger partial charge in [0, 0.05) is 16.9 Å². The van der Waals surface area contributed by atoms with Crippen LogP contribution >= 0.6 is 15.9 Å². The van der Waals surface area contributed by atoms with Crippen molar-refractivity contribution in [3.05, 3.63) is 69.2 Å². The van der Waals surface area contributed by atoms with Crippen molar-refractivity contribution in [1.29, 1.82) is 0 Å². The first-order valence-electron chi connectivity index (χ1n) is 10.5. The molecule has 1 aliphatic heterocycles. The summed E-state index contributed by atoms with van der Waals surface area (Å²) in [6.07, 6.45) is 5.53. The number of nitrogens with one attached hydrogen (secondary N) is 1. The Bertz CT molecular complexity index is 825. The topological polar surface area (TPSA) is 32.3 Å². The lowest BCUT2D eigenvalue weighted by Gasteiger charge is -2.32. The van der Waals surface area contributed by atoms with E-state index in [0.717, 1.165) is 36.9 Å². The molecule has 4 rings (SSSR count). The molecule has 0 aromatic heterocycles. The number of likely N-dealkylation sites (tertiary alicyclic amines) is 1. The van der Waals surface area contributed by atoms with Crippen molar-refractivity contribution in [2.24, 2.45) is 5.92 Å². The molecule has 3 nitrogen and oxygen atoms in total. The van der Waals surface area contributed by atoms with E-state index in [0.29, 0.717) is 0 Å². The first-order valence-corrected chi connectivity index (χ1v) is 11.3. The Morgan fingerprint density at radius 1 is 1.11 bits per heavy atom. The molecule has 0 radical (unpaired) electrons. The highest BCUT2D eigenvalue weighted by Crippen LogP contribution is 2.26. The maximum atomic E-state index is 12.8. The van der Waals surface area contributed by atoms with Gasteiger partial charge in [-0.2, -0.15) is 0 Å². The number of fused-ring (bicyclic) bond motifs is 1. The van der Waals surface area contributed by atoms with E-state index >= 15 is 0 Å². The van der Waals surface area contributed by atoms with Crippen LogP contribution in [-0.2, 0) is 24.2 Å². The van der Waals surface area contributed by atoms with Gasteiger partial charge in [-0.3, -0.25) is 9.69 Å². The van der Waals surface area contributed by atoms with Crippen molar-refractivity contribution in [2.45, 2.75) is 51.6 Å². The number of carbonyl (C=O) groups excluding carboxylic acids is 1. The van der Waals surface area contributed by atoms with Crippen LogP contribution in [0.15, 0.2) is 46.9 Å². The zero-order valence-electron chi connectivity index (χ0n) is 16.6. The molecule has 0 saturated carbocycles. The molecule has 2 aromatic rings. The minimum atomic E-state index is 0.0826. The molecule has 0 bridgehead atoms. The number of aryl methyl sites for hydroxylation is 2. The first kappa shape index (κ1) is 19.7. The molecule has 1 saturated heterocycles. The van der Waals surface area contributed by atoms with Crippen molar-refractivity contribution in [1.82, 2.24) is 10.2 Å². The van der Waals surface area contributed by atoms with E-state index < -0.39 is 0 Å². The number of carbonyl (C=O) groups is 1. The molecule has 1 amide bonds. The van der Waals surface area contributed by atoms with Gasteiger partial charge in [0.1, 0.15) is 0 Å². The van der Waals surface area contributed by atoms with E-state index in [1.807, 2.05) is 0 Å². The quantitative estimate of drug-likeness (QED) is 0.706. The number of piperidine rings is 1. The zero-order valence-corrected chi connectivity index (χ0v) is 18.2. The van der Waals surface area contributed by atoms with Gasteiger partial charge in [0.2, 0.25) is 5.91 Å². The molecule has 148 valence electrons. The summed E-state index contributed by atoms with van der Waals surface area (Å²) in [4.78, 5) is 15.2. The number of amides is 1. The predicted octanol–water partition coefficient (Wildman–Crippen LogP) is 5.03. The number of rotatable bonds is 5. The number of hydrogen-bond donors (Lipinski definition) is 1. The summed E-state index contributed by atoms with van der Waals surface area (Å²) in [5.41, 5.74) is 5.53. The molecule has 1 fully saturated rings. The highest BCUT2D eigenvalue weighted by atomic mass is 79.9. The molecule has 2 aromatic carbocycles. The largest absolute Gasteiger partial charge is 0.349 e. The highest BCUT2D eigenvalue weighted by molar-refractivity contribution is 9.10. The van der Waals surface area contributed by atoms with Gasteiger partial charge in [-0.05, 0) is 86.5 Å². The number of halogens is 1. The maximum absolute atomic E-state index is 12.8. The lowest BCUT2D eigenvalue weighted by atomic mass is 9.94. The van der Waals surface area contributed by atoms with E-state index in [4.69, 9.17) is 0 Å². The number of benzene rings is 2. The van der Waals surface area contributed by atoms with Gasteiger partial charge in [0.25, 0.3) is 0 Å². The lowest BCUT2D eigenvalue weighted by Crippen LogP contribution is -2.40. The van der Waals surface area contributed by atoms with Gasteiger partial charge in [0.05, 0.1) is 6.04 Å². The van der Waals surface area contributed by atoms with Crippen LogP contribution in [0.3, 0.4) is 0 Å². The van der Waals surface area contributed by atoms with Crippen LogP contribution in [0.2, 0.25) is 0 Å². The minimum absolute atomic E-state index is 0.0826. The second-order valence-electron chi connectivity index (χ2n) is 8.29. The summed E-state index contributed by atoms with van der Waals surface area (Å²) in [6, 6.07) is 15.3. The Balaban J connectivity index is 1.27. The molecule has 1 atom stereocenters. The fourth-order valence-electron chi connectivity index (χ4n) is 4.48. The van der Waals surface area contributed by atoms with Crippen LogP contribution in [0.25, 0.3) is 0 Å². The summed E-state index contributed by atoms with van der Waals surface area (Å²) in [7, 11) is 0. The minimum Gasteiger partial charge on any atom is -0.349 e. The highest BCUT2D eigenvalue weighted by Gasteiger charge is 2.26. The van der Waals surface area contributed by atoms with Crippen molar-refractivity contribution in [3.8, 4) is 0 Å². The van der Waals surface area contributed by atoms with Crippen LogP contribution in [-0.4, -0.2) is 23.9 Å². The molecule has 0 unspecified atom stereocenters. The van der Waals surface area contributed by atoms with Crippen molar-refractivity contribution in [2.75, 3.05) is 13.1 Å². The van der Waals surface area contributed by atoms with Crippen LogP contribution in [0.1, 0.15) is 54.5 Å². The first-order chi connectivity index (χ1) is 13.6. The van der Waals surface area contributed by atoms with Gasteiger partial charge < -0.3 is 5.32 Å². The Morgan fingerprint density at radius 3 is 2.57 bits per heavy atom. The summed E-state index contributed by atoms with van der Waals surface area (Å²) < 4.78 is 1.11. The molecule has 28 heavy (non-hydrogen) atoms. The van der Waals surface area contributed by atoms with Gasteiger partial charge >= 0.3 is 0 Å². The molecule has 1 N–H and O–H groups in total. The number of hydrogen-bond acceptors (Lipinski definition) is 2. The molecule has 4 heteroatoms. The monoisotopic (exact) mass is 440 g/mol. The van der Waals surface area contributed by atoms with Gasteiger partial charge in [0.15, 0.2) is 0 Å². The Kier molecular flexibility index (Phi) is 6.17. The van der Waals surface area contributed by atoms with Crippen LogP contribution < -0.4 is 5.32 Å². The molecule has 0 spiro atoms. The fourth-order valence-corrected chi connectivity index (χ4v) is 4.74. The van der Waals surface area contributed by atoms with Crippen molar-refractivity contribution < 1.29 is 4.79 Å². The summed E-state index contributed by atoms with van der Waals surface area (Å²) in [5.74, 6) is 0.356. The second-order valence-corrected chi connectivity index (χ2v) is 9.20. The average molecular weight is 441 g/mol. The lowest BCUT2D eigenvalue weighted by molar-refractivity contribution is -0.127. The normalized spacial score (nSPS) is 18.6. The maximum Gasteiger partial charge on any atom is 0.223 e. The van der Waals surface area contributed by atoms with E-state index in [1.165, 1.54) is 41.5 Å². The third-order valence-electron chi connectivity index (χ3n) is 6.26. The summed E-state index contributed by atoms with van der Waals surface area (Å²) >= 11 is 3.49. The van der Waals surface area contributed by atoms with Crippen LogP contribution in [0.4, 0.5) is 0 Å². The molecule has 1 heterocycles. The van der Waals surface area contributed by atoms with Crippen LogP contribution in [0.5, 0.6) is 0 Å². The van der Waals surface area contributed by atoms with Gasteiger partial charge in [-0.1, -0.05) is 46.3 Å². The Hall–Kier alpha value is -1.65. The van der Waals surface area contributed by atoms with E-state index in [1.54, 1.807) is 0 Å². The third kappa shape index (κ3) is 4.66. The number of nitrogens with zero attached hydrogens (tertiary/aromatic N) is 1. The molecular formula is C24H29BrN2O.